The van der Waals surface area contributed by atoms with Crippen molar-refractivity contribution in [2.45, 2.75) is 37.8 Å². The van der Waals surface area contributed by atoms with Gasteiger partial charge in [-0.05, 0) is 86.3 Å². The van der Waals surface area contributed by atoms with Crippen molar-refractivity contribution in [1.29, 1.82) is 0 Å². The van der Waals surface area contributed by atoms with Gasteiger partial charge in [0.15, 0.2) is 11.5 Å². The maximum absolute atomic E-state index is 13.7. The Morgan fingerprint density at radius 3 is 2.48 bits per heavy atom. The van der Waals surface area contributed by atoms with Gasteiger partial charge in [0.25, 0.3) is 15.9 Å². The molecule has 1 unspecified atom stereocenters. The minimum atomic E-state index is -4.56. The third-order valence-electron chi connectivity index (χ3n) is 6.08. The first-order valence-corrected chi connectivity index (χ1v) is 14.3. The Balaban J connectivity index is 1.75. The lowest BCUT2D eigenvalue weighted by atomic mass is 10.0. The van der Waals surface area contributed by atoms with E-state index in [9.17, 15) is 28.2 Å². The first-order valence-electron chi connectivity index (χ1n) is 12.9. The number of aromatic nitrogens is 1. The second kappa shape index (κ2) is 12.2. The molecule has 0 saturated carbocycles. The number of carbonyl (C=O) groups excluding carboxylic acids is 1. The summed E-state index contributed by atoms with van der Waals surface area (Å²) in [6.07, 6.45) is 1.39. The van der Waals surface area contributed by atoms with Crippen LogP contribution in [0.5, 0.6) is 17.2 Å². The Morgan fingerprint density at radius 2 is 1.79 bits per heavy atom. The highest BCUT2D eigenvalue weighted by Gasteiger charge is 2.28. The molecule has 0 spiro atoms. The smallest absolute Gasteiger partial charge is 0.339 e. The summed E-state index contributed by atoms with van der Waals surface area (Å²) >= 11 is 0. The summed E-state index contributed by atoms with van der Waals surface area (Å²) < 4.78 is 39.9. The molecule has 0 aliphatic heterocycles. The lowest BCUT2D eigenvalue weighted by molar-refractivity contribution is -0.120. The number of aromatic hydroxyl groups is 1. The first kappa shape index (κ1) is 29.9. The Hall–Kier alpha value is -5.04. The van der Waals surface area contributed by atoms with Crippen LogP contribution in [0.1, 0.15) is 42.7 Å². The van der Waals surface area contributed by atoms with E-state index >= 15 is 0 Å². The molecule has 0 fully saturated rings. The molecule has 4 rings (SSSR count). The molecule has 0 bridgehead atoms. The molecule has 1 heterocycles. The largest absolute Gasteiger partial charge is 0.507 e. The molecule has 0 aliphatic carbocycles. The van der Waals surface area contributed by atoms with E-state index in [0.29, 0.717) is 40.6 Å². The number of hydrogen-bond donors (Lipinski definition) is 5. The van der Waals surface area contributed by atoms with Gasteiger partial charge in [0.1, 0.15) is 23.2 Å². The molecule has 3 aromatic carbocycles. The molecule has 0 saturated heterocycles. The van der Waals surface area contributed by atoms with Crippen LogP contribution in [-0.4, -0.2) is 48.2 Å². The summed E-state index contributed by atoms with van der Waals surface area (Å²) in [5.41, 5.74) is 6.16. The summed E-state index contributed by atoms with van der Waals surface area (Å²) in [6.45, 7) is 5.81. The molecule has 13 heteroatoms. The zero-order valence-electron chi connectivity index (χ0n) is 23.0. The predicted molar refractivity (Wildman–Crippen MR) is 156 cm³/mol. The van der Waals surface area contributed by atoms with Crippen molar-refractivity contribution in [3.05, 3.63) is 78.0 Å². The number of carboxylic acid groups (broad SMARTS) is 1. The minimum absolute atomic E-state index is 0.155. The van der Waals surface area contributed by atoms with Crippen molar-refractivity contribution >= 4 is 44.2 Å². The van der Waals surface area contributed by atoms with Gasteiger partial charge in [-0.3, -0.25) is 4.79 Å². The van der Waals surface area contributed by atoms with E-state index in [0.717, 1.165) is 23.6 Å². The van der Waals surface area contributed by atoms with E-state index in [1.165, 1.54) is 0 Å². The average Bonchev–Trinajstić information content (AvgIpc) is 2.92. The van der Waals surface area contributed by atoms with Crippen LogP contribution >= 0.6 is 0 Å². The normalized spacial score (nSPS) is 12.1. The van der Waals surface area contributed by atoms with Gasteiger partial charge in [0.05, 0.1) is 17.6 Å². The van der Waals surface area contributed by atoms with Crippen molar-refractivity contribution in [2.75, 3.05) is 17.7 Å². The Labute approximate surface area is 242 Å². The maximum Gasteiger partial charge on any atom is 0.339 e. The highest BCUT2D eigenvalue weighted by atomic mass is 32.2. The van der Waals surface area contributed by atoms with Gasteiger partial charge in [-0.2, -0.15) is 0 Å². The van der Waals surface area contributed by atoms with Crippen molar-refractivity contribution < 1.29 is 37.7 Å². The van der Waals surface area contributed by atoms with Gasteiger partial charge in [0, 0.05) is 17.3 Å². The Bertz CT molecular complexity index is 1760. The molecule has 1 amide bonds. The molecule has 4 aromatic rings. The van der Waals surface area contributed by atoms with Gasteiger partial charge in [0.2, 0.25) is 0 Å². The van der Waals surface area contributed by atoms with E-state index in [4.69, 9.17) is 15.2 Å². The maximum atomic E-state index is 13.7. The lowest BCUT2D eigenvalue weighted by Crippen LogP contribution is -2.37. The minimum Gasteiger partial charge on any atom is -0.507 e. The van der Waals surface area contributed by atoms with Crippen molar-refractivity contribution in [3.63, 3.8) is 0 Å². The van der Waals surface area contributed by atoms with Crippen LogP contribution in [-0.2, 0) is 14.8 Å². The van der Waals surface area contributed by atoms with Gasteiger partial charge in [-0.15, -0.1) is 0 Å². The standard InChI is InChI=1S/C29H30N4O8S/c1-4-40-25-14-18(5-10-24(25)41-16(2)3)26(32-19-6-8-21-17(13-19)11-12-31-27(21)30)28(35)33-42(38,39)20-7-9-23(34)22(15-20)29(36)37/h5-16,26,32,34H,4H2,1-3H3,(H2,30,31)(H,33,35)(H,36,37). The van der Waals surface area contributed by atoms with E-state index < -0.39 is 44.2 Å². The number of nitrogens with zero attached hydrogens (tertiary/aromatic N) is 1. The fraction of sp³-hybridized carbons (Fsp3) is 0.207. The Kier molecular flexibility index (Phi) is 8.71. The molecule has 1 atom stereocenters. The van der Waals surface area contributed by atoms with E-state index in [-0.39, 0.29) is 6.10 Å². The number of phenols is 1. The van der Waals surface area contributed by atoms with Crippen LogP contribution in [0.4, 0.5) is 11.5 Å². The molecule has 6 N–H and O–H groups in total. The second-order valence-electron chi connectivity index (χ2n) is 9.47. The molecule has 1 aromatic heterocycles. The van der Waals surface area contributed by atoms with Gasteiger partial charge in [-0.25, -0.2) is 22.9 Å². The number of aromatic carboxylic acids is 1. The number of ether oxygens (including phenoxy) is 2. The van der Waals surface area contributed by atoms with Gasteiger partial charge < -0.3 is 30.7 Å². The number of rotatable bonds is 11. The zero-order chi connectivity index (χ0) is 30.6. The highest BCUT2D eigenvalue weighted by molar-refractivity contribution is 7.90. The molecule has 12 nitrogen and oxygen atoms in total. The van der Waals surface area contributed by atoms with E-state index in [2.05, 4.69) is 10.3 Å². The van der Waals surface area contributed by atoms with Gasteiger partial charge >= 0.3 is 5.97 Å². The fourth-order valence-corrected chi connectivity index (χ4v) is 5.21. The van der Waals surface area contributed by atoms with Crippen LogP contribution < -0.4 is 25.2 Å². The summed E-state index contributed by atoms with van der Waals surface area (Å²) in [4.78, 5) is 28.6. The summed E-state index contributed by atoms with van der Waals surface area (Å²) in [5, 5.41) is 23.6. The van der Waals surface area contributed by atoms with Crippen molar-refractivity contribution in [1.82, 2.24) is 9.71 Å². The number of nitrogen functional groups attached to an aromatic ring is 1. The van der Waals surface area contributed by atoms with Crippen molar-refractivity contribution in [2.24, 2.45) is 0 Å². The molecule has 220 valence electrons. The number of pyridine rings is 1. The zero-order valence-corrected chi connectivity index (χ0v) is 23.8. The van der Waals surface area contributed by atoms with E-state index in [1.807, 2.05) is 18.6 Å². The third kappa shape index (κ3) is 6.63. The molecule has 42 heavy (non-hydrogen) atoms. The molecular weight excluding hydrogens is 564 g/mol. The number of hydrogen-bond acceptors (Lipinski definition) is 10. The number of fused-ring (bicyclic) bond motifs is 1. The van der Waals surface area contributed by atoms with E-state index in [1.54, 1.807) is 55.6 Å². The molecule has 0 radical (unpaired) electrons. The highest BCUT2D eigenvalue weighted by Crippen LogP contribution is 2.34. The van der Waals surface area contributed by atoms with Gasteiger partial charge in [-0.1, -0.05) is 6.07 Å². The number of carbonyl (C=O) groups is 2. The van der Waals surface area contributed by atoms with Crippen molar-refractivity contribution in [3.8, 4) is 17.2 Å². The fourth-order valence-electron chi connectivity index (χ4n) is 4.19. The number of nitrogens with one attached hydrogen (secondary N) is 2. The van der Waals surface area contributed by atoms with Crippen LogP contribution in [0.3, 0.4) is 0 Å². The second-order valence-corrected chi connectivity index (χ2v) is 11.2. The van der Waals surface area contributed by atoms with Crippen LogP contribution in [0.15, 0.2) is 71.8 Å². The molecule has 0 aliphatic rings. The van der Waals surface area contributed by atoms with Crippen LogP contribution in [0.2, 0.25) is 0 Å². The third-order valence-corrected chi connectivity index (χ3v) is 7.42. The summed E-state index contributed by atoms with van der Waals surface area (Å²) in [6, 6.07) is 13.1. The van der Waals surface area contributed by atoms with Crippen LogP contribution in [0, 0.1) is 0 Å². The number of benzene rings is 3. The first-order chi connectivity index (χ1) is 19.9. The lowest BCUT2D eigenvalue weighted by Gasteiger charge is -2.22. The Morgan fingerprint density at radius 1 is 1.02 bits per heavy atom. The monoisotopic (exact) mass is 594 g/mol. The number of sulfonamides is 1. The number of nitrogens with two attached hydrogens (primary N) is 1. The SMILES string of the molecule is CCOc1cc(C(Nc2ccc3c(N)nccc3c2)C(=O)NS(=O)(=O)c2ccc(O)c(C(=O)O)c2)ccc1OC(C)C. The average molecular weight is 595 g/mol. The number of anilines is 2. The topological polar surface area (TPSA) is 190 Å². The summed E-state index contributed by atoms with van der Waals surface area (Å²) in [5.74, 6) is -1.98. The van der Waals surface area contributed by atoms with Crippen LogP contribution in [0.25, 0.3) is 10.8 Å². The quantitative estimate of drug-likeness (QED) is 0.168. The predicted octanol–water partition coefficient (Wildman–Crippen LogP) is 4.07. The number of amides is 1. The summed E-state index contributed by atoms with van der Waals surface area (Å²) in [7, 11) is -4.56. The number of carboxylic acids is 1. The molecular formula is C29H30N4O8S.